The van der Waals surface area contributed by atoms with Gasteiger partial charge < -0.3 is 154 Å². The summed E-state index contributed by atoms with van der Waals surface area (Å²) in [5, 5.41) is 11.8. The second-order valence-electron chi connectivity index (χ2n) is 22.3. The zero-order valence-corrected chi connectivity index (χ0v) is 64.1. The molecule has 4 N–H and O–H groups in total. The topological polar surface area (TPSA) is 377 Å². The number of Topliss-reactive ketones (excluding diaryl/α,β-unsaturated/α-hetero) is 1. The van der Waals surface area contributed by atoms with E-state index < -0.39 is 18.6 Å². The van der Waals surface area contributed by atoms with Gasteiger partial charge in [-0.3, -0.25) is 9.59 Å². The molecular formula is C72H134N2O33. The first-order valence-corrected chi connectivity index (χ1v) is 37.5. The summed E-state index contributed by atoms with van der Waals surface area (Å²) in [6.45, 7) is 25.0. The van der Waals surface area contributed by atoms with Crippen LogP contribution in [0.4, 0.5) is 0 Å². The largest absolute Gasteiger partial charge is 0.482 e. The van der Waals surface area contributed by atoms with E-state index in [-0.39, 0.29) is 37.6 Å². The molecule has 1 amide bonds. The van der Waals surface area contributed by atoms with Crippen molar-refractivity contribution in [3.63, 3.8) is 0 Å². The summed E-state index contributed by atoms with van der Waals surface area (Å²) in [6.07, 6.45) is 0.931. The Morgan fingerprint density at radius 1 is 0.299 bits per heavy atom. The van der Waals surface area contributed by atoms with Gasteiger partial charge >= 0.3 is 5.97 Å². The van der Waals surface area contributed by atoms with E-state index in [2.05, 4.69) is 5.32 Å². The molecule has 1 atom stereocenters. The maximum Gasteiger partial charge on any atom is 0.341 e. The number of hydrogen-bond acceptors (Lipinski definition) is 33. The number of rotatable bonds is 94. The Labute approximate surface area is 634 Å². The molecule has 630 valence electrons. The van der Waals surface area contributed by atoms with Gasteiger partial charge in [0, 0.05) is 33.1 Å². The third-order valence-electron chi connectivity index (χ3n) is 13.6. The SMILES string of the molecule is COCCOCCOCCOCCOCCOCCOCCOCCOCCOCCOCCOCCOCCOCCOCCOCCOCCOCCOCCOCCOCCOCCOCCOCCCC(=O)[C@H](Cc1ccc(OCC(=O)O)cc1)NC(=O)CCOCCOCCOCCOCCN. The number of methoxy groups -OCH3 is 1. The predicted molar refractivity (Wildman–Crippen MR) is 387 cm³/mol. The molecule has 0 aliphatic heterocycles. The van der Waals surface area contributed by atoms with Crippen LogP contribution in [-0.4, -0.2) is 412 Å². The Hall–Kier alpha value is -3.53. The van der Waals surface area contributed by atoms with Gasteiger partial charge in [0.2, 0.25) is 5.91 Å². The second kappa shape index (κ2) is 88.0. The van der Waals surface area contributed by atoms with Gasteiger partial charge in [-0.05, 0) is 30.5 Å². The maximum atomic E-state index is 13.4. The van der Waals surface area contributed by atoms with E-state index in [4.69, 9.17) is 148 Å². The number of amides is 1. The number of carboxylic acid groups (broad SMARTS) is 1. The number of hydrogen-bond donors (Lipinski definition) is 3. The number of nitrogens with one attached hydrogen (secondary N) is 1. The minimum atomic E-state index is -1.09. The highest BCUT2D eigenvalue weighted by atomic mass is 16.6. The normalized spacial score (nSPS) is 11.9. The number of ether oxygens (including phenoxy) is 29. The van der Waals surface area contributed by atoms with Gasteiger partial charge in [0.15, 0.2) is 12.4 Å². The standard InChI is InChI=1S/C72H134N2O33/c1-79-13-14-83-21-22-87-27-28-89-31-32-91-35-36-93-39-40-95-43-44-97-47-48-99-51-52-101-55-56-103-59-60-105-63-64-106-62-61-104-58-57-102-54-53-100-50-49-98-46-45-96-42-41-94-38-37-92-34-33-90-30-29-88-26-23-84-18-15-80-10-2-3-70(75)69(65-67-4-6-68(7-5-67)107-66-72(77)78)74-71(76)8-11-81-16-19-85-24-25-86-20-17-82-12-9-73/h4-7,69H,2-3,8-66,73H2,1H3,(H,74,76)(H,77,78)/t69-/m0/s1. The maximum absolute atomic E-state index is 13.4. The Morgan fingerprint density at radius 3 is 0.738 bits per heavy atom. The van der Waals surface area contributed by atoms with Crippen molar-refractivity contribution in [1.82, 2.24) is 5.32 Å². The van der Waals surface area contributed by atoms with E-state index in [1.165, 1.54) is 0 Å². The summed E-state index contributed by atoms with van der Waals surface area (Å²) >= 11 is 0. The molecule has 0 heterocycles. The number of benzene rings is 1. The average Bonchev–Trinajstić information content (AvgIpc) is 0.878. The fraction of sp³-hybridized carbons (Fsp3) is 0.875. The summed E-state index contributed by atoms with van der Waals surface area (Å²) in [5.41, 5.74) is 6.14. The second-order valence-corrected chi connectivity index (χ2v) is 22.3. The van der Waals surface area contributed by atoms with Gasteiger partial charge in [-0.15, -0.1) is 0 Å². The molecule has 35 heteroatoms. The van der Waals surface area contributed by atoms with Crippen molar-refractivity contribution in [2.45, 2.75) is 31.7 Å². The van der Waals surface area contributed by atoms with Crippen LogP contribution in [0, 0.1) is 0 Å². The van der Waals surface area contributed by atoms with Crippen molar-refractivity contribution in [1.29, 1.82) is 0 Å². The van der Waals surface area contributed by atoms with Crippen LogP contribution in [-0.2, 0) is 153 Å². The van der Waals surface area contributed by atoms with Crippen LogP contribution in [0.2, 0.25) is 0 Å². The quantitative estimate of drug-likeness (QED) is 0.0765. The first kappa shape index (κ1) is 101. The molecule has 0 radical (unpaired) electrons. The summed E-state index contributed by atoms with van der Waals surface area (Å²) in [4.78, 5) is 37.1. The van der Waals surface area contributed by atoms with Crippen molar-refractivity contribution in [3.05, 3.63) is 29.8 Å². The van der Waals surface area contributed by atoms with Gasteiger partial charge in [-0.1, -0.05) is 12.1 Å². The highest BCUT2D eigenvalue weighted by Crippen LogP contribution is 2.15. The summed E-state index contributed by atoms with van der Waals surface area (Å²) in [7, 11) is 1.64. The number of carbonyl (C=O) groups is 3. The van der Waals surface area contributed by atoms with Crippen molar-refractivity contribution in [2.24, 2.45) is 5.73 Å². The lowest BCUT2D eigenvalue weighted by molar-refractivity contribution is -0.139. The first-order valence-electron chi connectivity index (χ1n) is 37.5. The Morgan fingerprint density at radius 2 is 0.514 bits per heavy atom. The van der Waals surface area contributed by atoms with E-state index in [9.17, 15) is 14.4 Å². The Kier molecular flexibility index (Phi) is 83.5. The summed E-state index contributed by atoms with van der Waals surface area (Å²) in [5.74, 6) is -1.19. The van der Waals surface area contributed by atoms with Crippen molar-refractivity contribution >= 4 is 17.7 Å². The predicted octanol–water partition coefficient (Wildman–Crippen LogP) is 0.970. The van der Waals surface area contributed by atoms with E-state index in [0.29, 0.717) is 375 Å². The van der Waals surface area contributed by atoms with Crippen LogP contribution >= 0.6 is 0 Å². The lowest BCUT2D eigenvalue weighted by atomic mass is 9.99. The van der Waals surface area contributed by atoms with Crippen LogP contribution in [0.15, 0.2) is 24.3 Å². The zero-order chi connectivity index (χ0) is 76.6. The van der Waals surface area contributed by atoms with Crippen LogP contribution < -0.4 is 15.8 Å². The number of carboxylic acids is 1. The molecule has 0 spiro atoms. The van der Waals surface area contributed by atoms with Crippen LogP contribution in [0.1, 0.15) is 24.8 Å². The molecular weight excluding hydrogens is 1420 g/mol. The highest BCUT2D eigenvalue weighted by molar-refractivity contribution is 5.89. The number of nitrogens with two attached hydrogens (primary N) is 1. The Balaban J connectivity index is 1.77. The molecule has 0 unspecified atom stereocenters. The fourth-order valence-electron chi connectivity index (χ4n) is 8.23. The number of carbonyl (C=O) groups excluding carboxylic acids is 2. The molecule has 1 aromatic carbocycles. The fourth-order valence-corrected chi connectivity index (χ4v) is 8.23. The Bertz CT molecular complexity index is 1950. The highest BCUT2D eigenvalue weighted by Gasteiger charge is 2.21. The van der Waals surface area contributed by atoms with E-state index in [0.717, 1.165) is 5.56 Å². The average molecular weight is 1560 g/mol. The van der Waals surface area contributed by atoms with Crippen molar-refractivity contribution in [3.8, 4) is 5.75 Å². The molecule has 1 aromatic rings. The van der Waals surface area contributed by atoms with Gasteiger partial charge in [-0.25, -0.2) is 4.79 Å². The molecule has 0 aliphatic rings. The molecule has 0 bridgehead atoms. The molecule has 0 aliphatic carbocycles. The molecule has 0 aromatic heterocycles. The molecule has 35 nitrogen and oxygen atoms in total. The molecule has 0 saturated heterocycles. The van der Waals surface area contributed by atoms with E-state index in [1.54, 1.807) is 31.4 Å². The minimum Gasteiger partial charge on any atom is -0.482 e. The minimum absolute atomic E-state index is 0.0571. The van der Waals surface area contributed by atoms with Gasteiger partial charge in [0.1, 0.15) is 5.75 Å². The number of aliphatic carboxylic acids is 1. The molecule has 107 heavy (non-hydrogen) atoms. The van der Waals surface area contributed by atoms with Gasteiger partial charge in [-0.2, -0.15) is 0 Å². The third kappa shape index (κ3) is 81.8. The monoisotopic (exact) mass is 1550 g/mol. The van der Waals surface area contributed by atoms with Crippen LogP contribution in [0.3, 0.4) is 0 Å². The van der Waals surface area contributed by atoms with Crippen LogP contribution in [0.25, 0.3) is 0 Å². The van der Waals surface area contributed by atoms with Gasteiger partial charge in [0.25, 0.3) is 0 Å². The van der Waals surface area contributed by atoms with E-state index in [1.807, 2.05) is 0 Å². The molecule has 0 fully saturated rings. The van der Waals surface area contributed by atoms with Crippen molar-refractivity contribution in [2.75, 3.05) is 384 Å². The lowest BCUT2D eigenvalue weighted by Crippen LogP contribution is -2.42. The van der Waals surface area contributed by atoms with E-state index >= 15 is 0 Å². The molecule has 1 rings (SSSR count). The summed E-state index contributed by atoms with van der Waals surface area (Å²) < 4.78 is 159. The third-order valence-corrected chi connectivity index (χ3v) is 13.6. The lowest BCUT2D eigenvalue weighted by Gasteiger charge is -2.18. The van der Waals surface area contributed by atoms with Crippen LogP contribution in [0.5, 0.6) is 5.75 Å². The first-order chi connectivity index (χ1) is 53.0. The smallest absolute Gasteiger partial charge is 0.341 e. The van der Waals surface area contributed by atoms with Crippen molar-refractivity contribution < 1.29 is 157 Å². The zero-order valence-electron chi connectivity index (χ0n) is 64.1. The number of ketones is 1. The molecule has 0 saturated carbocycles. The van der Waals surface area contributed by atoms with Gasteiger partial charge in [0.05, 0.1) is 363 Å². The summed E-state index contributed by atoms with van der Waals surface area (Å²) in [6, 6.07) is 5.92.